The van der Waals surface area contributed by atoms with E-state index in [2.05, 4.69) is 57.8 Å². The lowest BCUT2D eigenvalue weighted by Crippen LogP contribution is -2.45. The molecule has 4 rings (SSSR count). The molecule has 3 heterocycles. The summed E-state index contributed by atoms with van der Waals surface area (Å²) in [6.45, 7) is 6.85. The van der Waals surface area contributed by atoms with E-state index in [0.29, 0.717) is 6.04 Å². The van der Waals surface area contributed by atoms with Gasteiger partial charge in [-0.05, 0) is 18.6 Å². The van der Waals surface area contributed by atoms with Crippen LogP contribution in [0.1, 0.15) is 13.3 Å². The van der Waals surface area contributed by atoms with Crippen LogP contribution in [0.25, 0.3) is 22.5 Å². The van der Waals surface area contributed by atoms with Crippen LogP contribution in [0.4, 0.5) is 0 Å². The van der Waals surface area contributed by atoms with Gasteiger partial charge in [0.15, 0.2) is 0 Å². The van der Waals surface area contributed by atoms with E-state index >= 15 is 0 Å². The molecule has 1 atom stereocenters. The highest BCUT2D eigenvalue weighted by Gasteiger charge is 2.22. The van der Waals surface area contributed by atoms with Crippen LogP contribution >= 0.6 is 0 Å². The third kappa shape index (κ3) is 3.94. The van der Waals surface area contributed by atoms with Crippen molar-refractivity contribution >= 4 is 0 Å². The molecule has 2 aromatic heterocycles. The fourth-order valence-electron chi connectivity index (χ4n) is 3.81. The van der Waals surface area contributed by atoms with E-state index in [0.717, 1.165) is 61.8 Å². The molecule has 0 bridgehead atoms. The molecule has 5 heteroatoms. The summed E-state index contributed by atoms with van der Waals surface area (Å²) in [6.07, 6.45) is 6.79. The van der Waals surface area contributed by atoms with Crippen molar-refractivity contribution in [2.45, 2.75) is 25.9 Å². The summed E-state index contributed by atoms with van der Waals surface area (Å²) in [5.41, 5.74) is 4.48. The molecule has 1 aliphatic rings. The minimum atomic E-state index is 0.479. The molecule has 0 aliphatic carbocycles. The van der Waals surface area contributed by atoms with Crippen molar-refractivity contribution in [3.8, 4) is 22.5 Å². The van der Waals surface area contributed by atoms with E-state index in [1.165, 1.54) is 0 Å². The monoisotopic (exact) mass is 362 g/mol. The number of ether oxygens (including phenoxy) is 1. The van der Waals surface area contributed by atoms with Gasteiger partial charge >= 0.3 is 0 Å². The van der Waals surface area contributed by atoms with Crippen LogP contribution in [0.2, 0.25) is 0 Å². The third-order valence-corrected chi connectivity index (χ3v) is 5.28. The van der Waals surface area contributed by atoms with Crippen LogP contribution in [-0.2, 0) is 11.3 Å². The van der Waals surface area contributed by atoms with Crippen molar-refractivity contribution in [2.75, 3.05) is 26.3 Å². The Hall–Kier alpha value is -2.50. The Morgan fingerprint density at radius 2 is 1.74 bits per heavy atom. The smallest absolute Gasteiger partial charge is 0.0963 e. The van der Waals surface area contributed by atoms with Crippen molar-refractivity contribution in [1.29, 1.82) is 0 Å². The van der Waals surface area contributed by atoms with Crippen molar-refractivity contribution in [3.63, 3.8) is 0 Å². The Labute approximate surface area is 160 Å². The van der Waals surface area contributed by atoms with Gasteiger partial charge in [0.05, 0.1) is 30.9 Å². The fraction of sp³-hybridized carbons (Fsp3) is 0.364. The molecule has 3 aromatic rings. The van der Waals surface area contributed by atoms with Crippen molar-refractivity contribution in [1.82, 2.24) is 19.4 Å². The van der Waals surface area contributed by atoms with Crippen LogP contribution in [0.5, 0.6) is 0 Å². The van der Waals surface area contributed by atoms with Gasteiger partial charge in [-0.3, -0.25) is 9.88 Å². The van der Waals surface area contributed by atoms with Crippen molar-refractivity contribution in [2.24, 2.45) is 0 Å². The summed E-state index contributed by atoms with van der Waals surface area (Å²) in [7, 11) is 0. The molecular weight excluding hydrogens is 336 g/mol. The molecule has 1 aromatic carbocycles. The fourth-order valence-corrected chi connectivity index (χ4v) is 3.81. The van der Waals surface area contributed by atoms with Gasteiger partial charge in [0.1, 0.15) is 0 Å². The first-order chi connectivity index (χ1) is 13.4. The summed E-state index contributed by atoms with van der Waals surface area (Å²) in [5, 5.41) is 0. The minimum Gasteiger partial charge on any atom is -0.379 e. The van der Waals surface area contributed by atoms with E-state index in [9.17, 15) is 0 Å². The van der Waals surface area contributed by atoms with Crippen LogP contribution in [0.15, 0.2) is 61.2 Å². The lowest BCUT2D eigenvalue weighted by Gasteiger charge is -2.34. The van der Waals surface area contributed by atoms with Crippen LogP contribution in [0, 0.1) is 0 Å². The van der Waals surface area contributed by atoms with Gasteiger partial charge < -0.3 is 9.30 Å². The minimum absolute atomic E-state index is 0.479. The van der Waals surface area contributed by atoms with Gasteiger partial charge in [-0.1, -0.05) is 37.3 Å². The maximum atomic E-state index is 5.53. The first-order valence-corrected chi connectivity index (χ1v) is 9.69. The second-order valence-corrected chi connectivity index (χ2v) is 6.91. The number of hydrogen-bond acceptors (Lipinski definition) is 4. The molecule has 0 saturated carbocycles. The highest BCUT2D eigenvalue weighted by molar-refractivity contribution is 5.78. The van der Waals surface area contributed by atoms with Crippen LogP contribution in [-0.4, -0.2) is 51.8 Å². The van der Waals surface area contributed by atoms with Gasteiger partial charge in [-0.2, -0.15) is 0 Å². The molecule has 1 fully saturated rings. The first kappa shape index (κ1) is 17.9. The Kier molecular flexibility index (Phi) is 5.61. The average Bonchev–Trinajstić information content (AvgIpc) is 3.17. The zero-order valence-electron chi connectivity index (χ0n) is 15.8. The Morgan fingerprint density at radius 3 is 2.44 bits per heavy atom. The number of benzene rings is 1. The Balaban J connectivity index is 1.71. The lowest BCUT2D eigenvalue weighted by atomic mass is 10.1. The second-order valence-electron chi connectivity index (χ2n) is 6.91. The van der Waals surface area contributed by atoms with Gasteiger partial charge in [-0.25, -0.2) is 4.98 Å². The van der Waals surface area contributed by atoms with Gasteiger partial charge in [-0.15, -0.1) is 0 Å². The highest BCUT2D eigenvalue weighted by Crippen LogP contribution is 2.31. The number of imidazole rings is 1. The maximum Gasteiger partial charge on any atom is 0.0963 e. The van der Waals surface area contributed by atoms with Gasteiger partial charge in [0.2, 0.25) is 0 Å². The van der Waals surface area contributed by atoms with E-state index in [4.69, 9.17) is 9.72 Å². The topological polar surface area (TPSA) is 43.2 Å². The number of rotatable bonds is 6. The molecule has 140 valence electrons. The number of nitrogens with zero attached hydrogens (tertiary/aromatic N) is 4. The molecule has 0 amide bonds. The summed E-state index contributed by atoms with van der Waals surface area (Å²) >= 11 is 0. The van der Waals surface area contributed by atoms with Crippen molar-refractivity contribution < 1.29 is 4.74 Å². The maximum absolute atomic E-state index is 5.53. The standard InChI is InChI=1S/C22H26N4O/c1-2-20(25-12-14-27-15-13-25)16-26-17-24-21(18-6-4-3-5-7-18)22(26)19-8-10-23-11-9-19/h3-11,17,20H,2,12-16H2,1H3. The van der Waals surface area contributed by atoms with E-state index in [1.54, 1.807) is 0 Å². The Bertz CT molecular complexity index is 841. The van der Waals surface area contributed by atoms with Gasteiger partial charge in [0.25, 0.3) is 0 Å². The molecule has 1 saturated heterocycles. The number of pyridine rings is 1. The number of morpholine rings is 1. The molecule has 5 nitrogen and oxygen atoms in total. The largest absolute Gasteiger partial charge is 0.379 e. The SMILES string of the molecule is CCC(Cn1cnc(-c2ccccc2)c1-c1ccncc1)N1CCOCC1. The van der Waals surface area contributed by atoms with Gasteiger partial charge in [0, 0.05) is 49.2 Å². The molecule has 1 aliphatic heterocycles. The molecule has 0 radical (unpaired) electrons. The predicted octanol–water partition coefficient (Wildman–Crippen LogP) is 3.72. The molecule has 0 N–H and O–H groups in total. The normalized spacial score (nSPS) is 16.3. The number of aromatic nitrogens is 3. The van der Waals surface area contributed by atoms with Crippen molar-refractivity contribution in [3.05, 3.63) is 61.2 Å². The van der Waals surface area contributed by atoms with E-state index in [1.807, 2.05) is 24.8 Å². The zero-order chi connectivity index (χ0) is 18.5. The molecular formula is C22H26N4O. The molecule has 27 heavy (non-hydrogen) atoms. The second kappa shape index (κ2) is 8.46. The lowest BCUT2D eigenvalue weighted by molar-refractivity contribution is 0.0121. The van der Waals surface area contributed by atoms with Crippen LogP contribution in [0.3, 0.4) is 0 Å². The van der Waals surface area contributed by atoms with E-state index in [-0.39, 0.29) is 0 Å². The Morgan fingerprint density at radius 1 is 1.00 bits per heavy atom. The quantitative estimate of drug-likeness (QED) is 0.670. The zero-order valence-corrected chi connectivity index (χ0v) is 15.8. The average molecular weight is 362 g/mol. The first-order valence-electron chi connectivity index (χ1n) is 9.69. The molecule has 1 unspecified atom stereocenters. The predicted molar refractivity (Wildman–Crippen MR) is 107 cm³/mol. The summed E-state index contributed by atoms with van der Waals surface area (Å²) in [5.74, 6) is 0. The molecule has 0 spiro atoms. The summed E-state index contributed by atoms with van der Waals surface area (Å²) < 4.78 is 7.84. The van der Waals surface area contributed by atoms with Crippen LogP contribution < -0.4 is 0 Å². The number of hydrogen-bond donors (Lipinski definition) is 0. The van der Waals surface area contributed by atoms with E-state index < -0.39 is 0 Å². The summed E-state index contributed by atoms with van der Waals surface area (Å²) in [6, 6.07) is 15.0. The summed E-state index contributed by atoms with van der Waals surface area (Å²) in [4.78, 5) is 11.5. The highest BCUT2D eigenvalue weighted by atomic mass is 16.5. The third-order valence-electron chi connectivity index (χ3n) is 5.28.